The Morgan fingerprint density at radius 3 is 2.27 bits per heavy atom. The SMILES string of the molecule is CC1CN(CC(N)=O)CC1C. The minimum atomic E-state index is -0.216. The highest BCUT2D eigenvalue weighted by Crippen LogP contribution is 2.21. The van der Waals surface area contributed by atoms with Gasteiger partial charge in [-0.25, -0.2) is 0 Å². The predicted molar refractivity (Wildman–Crippen MR) is 44.0 cm³/mol. The summed E-state index contributed by atoms with van der Waals surface area (Å²) in [4.78, 5) is 12.7. The van der Waals surface area contributed by atoms with Crippen molar-refractivity contribution in [1.82, 2.24) is 4.90 Å². The normalized spacial score (nSPS) is 32.5. The zero-order chi connectivity index (χ0) is 8.43. The van der Waals surface area contributed by atoms with Crippen molar-refractivity contribution in [2.75, 3.05) is 19.6 Å². The van der Waals surface area contributed by atoms with Gasteiger partial charge in [0.1, 0.15) is 0 Å². The first-order chi connectivity index (χ1) is 5.09. The summed E-state index contributed by atoms with van der Waals surface area (Å²) in [7, 11) is 0. The van der Waals surface area contributed by atoms with E-state index in [1.165, 1.54) is 0 Å². The van der Waals surface area contributed by atoms with Crippen LogP contribution in [0, 0.1) is 11.8 Å². The van der Waals surface area contributed by atoms with Gasteiger partial charge in [0.15, 0.2) is 0 Å². The highest BCUT2D eigenvalue weighted by atomic mass is 16.1. The maximum absolute atomic E-state index is 10.5. The number of amides is 1. The summed E-state index contributed by atoms with van der Waals surface area (Å²) < 4.78 is 0. The van der Waals surface area contributed by atoms with Crippen molar-refractivity contribution in [2.45, 2.75) is 13.8 Å². The average molecular weight is 156 g/mol. The molecule has 0 aromatic heterocycles. The number of likely N-dealkylation sites (tertiary alicyclic amines) is 1. The molecule has 2 N–H and O–H groups in total. The van der Waals surface area contributed by atoms with Crippen LogP contribution in [-0.4, -0.2) is 30.4 Å². The summed E-state index contributed by atoms with van der Waals surface area (Å²) >= 11 is 0. The minimum absolute atomic E-state index is 0.216. The number of rotatable bonds is 2. The van der Waals surface area contributed by atoms with Crippen LogP contribution in [0.15, 0.2) is 0 Å². The molecule has 0 spiro atoms. The van der Waals surface area contributed by atoms with Crippen LogP contribution < -0.4 is 5.73 Å². The Kier molecular flexibility index (Phi) is 2.49. The van der Waals surface area contributed by atoms with Crippen molar-refractivity contribution in [2.24, 2.45) is 17.6 Å². The minimum Gasteiger partial charge on any atom is -0.369 e. The van der Waals surface area contributed by atoms with Gasteiger partial charge in [-0.1, -0.05) is 13.8 Å². The van der Waals surface area contributed by atoms with Gasteiger partial charge < -0.3 is 5.73 Å². The van der Waals surface area contributed by atoms with E-state index < -0.39 is 0 Å². The molecular weight excluding hydrogens is 140 g/mol. The maximum atomic E-state index is 10.5. The molecule has 2 unspecified atom stereocenters. The lowest BCUT2D eigenvalue weighted by molar-refractivity contribution is -0.118. The predicted octanol–water partition coefficient (Wildman–Crippen LogP) is 0.0595. The fourth-order valence-corrected chi connectivity index (χ4v) is 1.60. The molecule has 1 saturated heterocycles. The fraction of sp³-hybridized carbons (Fsp3) is 0.875. The smallest absolute Gasteiger partial charge is 0.231 e. The highest BCUT2D eigenvalue weighted by molar-refractivity contribution is 5.75. The quantitative estimate of drug-likeness (QED) is 0.614. The number of hydrogen-bond acceptors (Lipinski definition) is 2. The number of hydrogen-bond donors (Lipinski definition) is 1. The maximum Gasteiger partial charge on any atom is 0.231 e. The van der Waals surface area contributed by atoms with Gasteiger partial charge in [0.25, 0.3) is 0 Å². The lowest BCUT2D eigenvalue weighted by atomic mass is 10.0. The third-order valence-electron chi connectivity index (χ3n) is 2.44. The molecule has 0 radical (unpaired) electrons. The molecule has 1 aliphatic heterocycles. The second-order valence-corrected chi connectivity index (χ2v) is 3.61. The molecule has 2 atom stereocenters. The molecule has 11 heavy (non-hydrogen) atoms. The van der Waals surface area contributed by atoms with Crippen molar-refractivity contribution in [3.8, 4) is 0 Å². The summed E-state index contributed by atoms with van der Waals surface area (Å²) in [5.41, 5.74) is 5.08. The van der Waals surface area contributed by atoms with Crippen LogP contribution in [0.4, 0.5) is 0 Å². The van der Waals surface area contributed by atoms with E-state index in [-0.39, 0.29) is 5.91 Å². The van der Waals surface area contributed by atoms with E-state index in [1.54, 1.807) is 0 Å². The van der Waals surface area contributed by atoms with E-state index in [9.17, 15) is 4.79 Å². The first-order valence-corrected chi connectivity index (χ1v) is 4.10. The number of nitrogens with two attached hydrogens (primary N) is 1. The van der Waals surface area contributed by atoms with Crippen LogP contribution in [0.1, 0.15) is 13.8 Å². The van der Waals surface area contributed by atoms with Gasteiger partial charge in [0, 0.05) is 13.1 Å². The molecule has 0 aliphatic carbocycles. The molecule has 0 bridgehead atoms. The van der Waals surface area contributed by atoms with Crippen molar-refractivity contribution < 1.29 is 4.79 Å². The van der Waals surface area contributed by atoms with Gasteiger partial charge in [-0.2, -0.15) is 0 Å². The van der Waals surface area contributed by atoms with Crippen LogP contribution in [0.25, 0.3) is 0 Å². The van der Waals surface area contributed by atoms with Crippen molar-refractivity contribution >= 4 is 5.91 Å². The van der Waals surface area contributed by atoms with Gasteiger partial charge in [0.05, 0.1) is 6.54 Å². The molecule has 64 valence electrons. The van der Waals surface area contributed by atoms with Crippen molar-refractivity contribution in [3.05, 3.63) is 0 Å². The Balaban J connectivity index is 2.35. The standard InChI is InChI=1S/C8H16N2O/c1-6-3-10(4-7(6)2)5-8(9)11/h6-7H,3-5H2,1-2H3,(H2,9,11). The van der Waals surface area contributed by atoms with E-state index in [4.69, 9.17) is 5.73 Å². The van der Waals surface area contributed by atoms with Crippen LogP contribution >= 0.6 is 0 Å². The molecule has 1 rings (SSSR count). The molecule has 3 heteroatoms. The second kappa shape index (κ2) is 3.22. The zero-order valence-corrected chi connectivity index (χ0v) is 7.21. The van der Waals surface area contributed by atoms with Crippen LogP contribution in [0.2, 0.25) is 0 Å². The summed E-state index contributed by atoms with van der Waals surface area (Å²) in [5.74, 6) is 1.19. The Bertz CT molecular complexity index is 148. The molecule has 3 nitrogen and oxygen atoms in total. The van der Waals surface area contributed by atoms with Gasteiger partial charge >= 0.3 is 0 Å². The second-order valence-electron chi connectivity index (χ2n) is 3.61. The summed E-state index contributed by atoms with van der Waals surface area (Å²) in [6, 6.07) is 0. The molecule has 0 aromatic rings. The van der Waals surface area contributed by atoms with Crippen molar-refractivity contribution in [3.63, 3.8) is 0 Å². The molecule has 0 aromatic carbocycles. The van der Waals surface area contributed by atoms with Gasteiger partial charge in [-0.3, -0.25) is 9.69 Å². The van der Waals surface area contributed by atoms with Gasteiger partial charge in [-0.15, -0.1) is 0 Å². The molecule has 0 saturated carbocycles. The van der Waals surface area contributed by atoms with E-state index >= 15 is 0 Å². The van der Waals surface area contributed by atoms with E-state index in [1.807, 2.05) is 0 Å². The fourth-order valence-electron chi connectivity index (χ4n) is 1.60. The topological polar surface area (TPSA) is 46.3 Å². The van der Waals surface area contributed by atoms with Crippen LogP contribution in [0.3, 0.4) is 0 Å². The lowest BCUT2D eigenvalue weighted by Gasteiger charge is -2.11. The molecule has 1 amide bonds. The Morgan fingerprint density at radius 2 is 1.91 bits per heavy atom. The van der Waals surface area contributed by atoms with Gasteiger partial charge in [-0.05, 0) is 11.8 Å². The average Bonchev–Trinajstić information content (AvgIpc) is 2.10. The number of nitrogens with zero attached hydrogens (tertiary/aromatic N) is 1. The first-order valence-electron chi connectivity index (χ1n) is 4.10. The lowest BCUT2D eigenvalue weighted by Crippen LogP contribution is -2.32. The number of primary amides is 1. The first kappa shape index (κ1) is 8.53. The zero-order valence-electron chi connectivity index (χ0n) is 7.21. The van der Waals surface area contributed by atoms with Crippen LogP contribution in [-0.2, 0) is 4.79 Å². The Labute approximate surface area is 67.5 Å². The van der Waals surface area contributed by atoms with Crippen LogP contribution in [0.5, 0.6) is 0 Å². The summed E-state index contributed by atoms with van der Waals surface area (Å²) in [5, 5.41) is 0. The van der Waals surface area contributed by atoms with Crippen molar-refractivity contribution in [1.29, 1.82) is 0 Å². The summed E-state index contributed by atoms with van der Waals surface area (Å²) in [6.45, 7) is 6.89. The Morgan fingerprint density at radius 1 is 1.45 bits per heavy atom. The molecular formula is C8H16N2O. The van der Waals surface area contributed by atoms with E-state index in [0.29, 0.717) is 18.4 Å². The van der Waals surface area contributed by atoms with Gasteiger partial charge in [0.2, 0.25) is 5.91 Å². The summed E-state index contributed by atoms with van der Waals surface area (Å²) in [6.07, 6.45) is 0. The highest BCUT2D eigenvalue weighted by Gasteiger charge is 2.26. The van der Waals surface area contributed by atoms with E-state index in [0.717, 1.165) is 13.1 Å². The molecule has 1 aliphatic rings. The monoisotopic (exact) mass is 156 g/mol. The van der Waals surface area contributed by atoms with E-state index in [2.05, 4.69) is 18.7 Å². The number of carbonyl (C=O) groups is 1. The number of carbonyl (C=O) groups excluding carboxylic acids is 1. The third-order valence-corrected chi connectivity index (χ3v) is 2.44. The Hall–Kier alpha value is -0.570. The largest absolute Gasteiger partial charge is 0.369 e. The molecule has 1 heterocycles. The molecule has 1 fully saturated rings. The third kappa shape index (κ3) is 2.19.